The van der Waals surface area contributed by atoms with Gasteiger partial charge in [-0.25, -0.2) is 4.98 Å². The number of rotatable bonds is 3. The van der Waals surface area contributed by atoms with E-state index in [4.69, 9.17) is 4.98 Å². The highest BCUT2D eigenvalue weighted by Gasteiger charge is 2.10. The van der Waals surface area contributed by atoms with Crippen molar-refractivity contribution < 1.29 is 4.92 Å². The van der Waals surface area contributed by atoms with Crippen LogP contribution in [0.5, 0.6) is 0 Å². The van der Waals surface area contributed by atoms with Gasteiger partial charge in [0, 0.05) is 28.3 Å². The summed E-state index contributed by atoms with van der Waals surface area (Å²) in [7, 11) is 0. The van der Waals surface area contributed by atoms with Gasteiger partial charge in [-0.1, -0.05) is 78.9 Å². The summed E-state index contributed by atoms with van der Waals surface area (Å²) in [6.07, 6.45) is 3.95. The number of nitro benzene ring substituents is 1. The third kappa shape index (κ3) is 3.01. The summed E-state index contributed by atoms with van der Waals surface area (Å²) in [5.74, 6) is 0. The summed E-state index contributed by atoms with van der Waals surface area (Å²) in [6, 6.07) is 27.2. The van der Waals surface area contributed by atoms with Gasteiger partial charge in [0.05, 0.1) is 16.0 Å². The fourth-order valence-electron chi connectivity index (χ4n) is 3.76. The van der Waals surface area contributed by atoms with E-state index in [2.05, 4.69) is 30.3 Å². The maximum Gasteiger partial charge on any atom is 0.270 e. The van der Waals surface area contributed by atoms with Crippen molar-refractivity contribution in [3.05, 3.63) is 106 Å². The average molecular weight is 376 g/mol. The molecule has 29 heavy (non-hydrogen) atoms. The fraction of sp³-hybridized carbons (Fsp3) is 0. The molecule has 0 atom stereocenters. The van der Waals surface area contributed by atoms with Crippen molar-refractivity contribution in [2.75, 3.05) is 0 Å². The Balaban J connectivity index is 1.78. The number of hydrogen-bond donors (Lipinski definition) is 0. The van der Waals surface area contributed by atoms with Crippen molar-refractivity contribution in [1.82, 2.24) is 4.98 Å². The second-order valence-electron chi connectivity index (χ2n) is 6.91. The van der Waals surface area contributed by atoms with E-state index < -0.39 is 0 Å². The first-order valence-electron chi connectivity index (χ1n) is 9.33. The Labute approximate surface area is 166 Å². The van der Waals surface area contributed by atoms with Crippen LogP contribution in [0.3, 0.4) is 0 Å². The third-order valence-corrected chi connectivity index (χ3v) is 5.14. The van der Waals surface area contributed by atoms with Crippen LogP contribution in [-0.4, -0.2) is 9.91 Å². The topological polar surface area (TPSA) is 56.0 Å². The minimum Gasteiger partial charge on any atom is -0.258 e. The summed E-state index contributed by atoms with van der Waals surface area (Å²) in [6.45, 7) is 0. The van der Waals surface area contributed by atoms with Crippen LogP contribution in [0.4, 0.5) is 5.69 Å². The van der Waals surface area contributed by atoms with Crippen molar-refractivity contribution in [2.45, 2.75) is 0 Å². The molecule has 0 fully saturated rings. The van der Waals surface area contributed by atoms with E-state index >= 15 is 0 Å². The van der Waals surface area contributed by atoms with Crippen molar-refractivity contribution in [2.24, 2.45) is 0 Å². The standard InChI is InChI=1S/C25H16N2O2/c28-27(29)19-8-5-6-17(16-19)12-14-21-22-10-3-4-11-24(22)26-25-20-9-2-1-7-18(20)13-15-23(21)25/h1-16H/b14-12+. The molecule has 0 saturated carbocycles. The van der Waals surface area contributed by atoms with E-state index in [9.17, 15) is 10.1 Å². The van der Waals surface area contributed by atoms with E-state index in [0.29, 0.717) is 0 Å². The molecule has 5 aromatic rings. The Morgan fingerprint density at radius 2 is 1.55 bits per heavy atom. The molecule has 0 bridgehead atoms. The van der Waals surface area contributed by atoms with Crippen LogP contribution >= 0.6 is 0 Å². The molecule has 0 unspecified atom stereocenters. The van der Waals surface area contributed by atoms with Gasteiger partial charge in [0.1, 0.15) is 0 Å². The molecule has 0 amide bonds. The molecule has 4 heteroatoms. The molecule has 0 aliphatic heterocycles. The molecule has 4 nitrogen and oxygen atoms in total. The van der Waals surface area contributed by atoms with E-state index in [1.807, 2.05) is 48.6 Å². The fourth-order valence-corrected chi connectivity index (χ4v) is 3.76. The quantitative estimate of drug-likeness (QED) is 0.154. The predicted octanol–water partition coefficient (Wildman–Crippen LogP) is 6.62. The molecule has 0 radical (unpaired) electrons. The minimum atomic E-state index is -0.374. The van der Waals surface area contributed by atoms with Gasteiger partial charge in [-0.2, -0.15) is 0 Å². The zero-order chi connectivity index (χ0) is 19.8. The van der Waals surface area contributed by atoms with Crippen molar-refractivity contribution in [3.63, 3.8) is 0 Å². The number of fused-ring (bicyclic) bond motifs is 4. The first-order valence-corrected chi connectivity index (χ1v) is 9.33. The smallest absolute Gasteiger partial charge is 0.258 e. The van der Waals surface area contributed by atoms with E-state index in [-0.39, 0.29) is 10.6 Å². The number of pyridine rings is 1. The SMILES string of the molecule is O=[N+]([O-])c1cccc(/C=C/c2c3ccccc3nc3c2ccc2ccccc23)c1. The van der Waals surface area contributed by atoms with Crippen molar-refractivity contribution >= 4 is 50.4 Å². The van der Waals surface area contributed by atoms with Crippen LogP contribution in [0.25, 0.3) is 44.7 Å². The molecule has 4 aromatic carbocycles. The van der Waals surface area contributed by atoms with Crippen LogP contribution in [0.2, 0.25) is 0 Å². The van der Waals surface area contributed by atoms with Crippen LogP contribution < -0.4 is 0 Å². The molecule has 1 heterocycles. The first kappa shape index (κ1) is 17.1. The molecule has 1 aromatic heterocycles. The number of aromatic nitrogens is 1. The van der Waals surface area contributed by atoms with E-state index in [1.165, 1.54) is 6.07 Å². The first-order chi connectivity index (χ1) is 14.2. The Hall–Kier alpha value is -4.05. The number of nitro groups is 1. The molecule has 0 aliphatic rings. The number of hydrogen-bond acceptors (Lipinski definition) is 3. The highest BCUT2D eigenvalue weighted by atomic mass is 16.6. The van der Waals surface area contributed by atoms with Gasteiger partial charge in [-0.05, 0) is 22.6 Å². The molecule has 0 saturated heterocycles. The molecular weight excluding hydrogens is 360 g/mol. The molecule has 0 N–H and O–H groups in total. The van der Waals surface area contributed by atoms with Gasteiger partial charge in [-0.15, -0.1) is 0 Å². The summed E-state index contributed by atoms with van der Waals surface area (Å²) >= 11 is 0. The van der Waals surface area contributed by atoms with Crippen LogP contribution in [0, 0.1) is 10.1 Å². The number of non-ortho nitro benzene ring substituents is 1. The number of para-hydroxylation sites is 1. The Morgan fingerprint density at radius 3 is 2.41 bits per heavy atom. The maximum absolute atomic E-state index is 11.1. The van der Waals surface area contributed by atoms with Crippen molar-refractivity contribution in [1.29, 1.82) is 0 Å². The molecule has 0 spiro atoms. The van der Waals surface area contributed by atoms with Crippen LogP contribution in [-0.2, 0) is 0 Å². The van der Waals surface area contributed by atoms with Crippen LogP contribution in [0.15, 0.2) is 84.9 Å². The van der Waals surface area contributed by atoms with Crippen molar-refractivity contribution in [3.8, 4) is 0 Å². The lowest BCUT2D eigenvalue weighted by Gasteiger charge is -2.10. The normalized spacial score (nSPS) is 11.6. The van der Waals surface area contributed by atoms with Gasteiger partial charge in [0.25, 0.3) is 5.69 Å². The predicted molar refractivity (Wildman–Crippen MR) is 119 cm³/mol. The number of benzene rings is 4. The number of nitrogens with zero attached hydrogens (tertiary/aromatic N) is 2. The lowest BCUT2D eigenvalue weighted by Crippen LogP contribution is -1.90. The van der Waals surface area contributed by atoms with Gasteiger partial charge < -0.3 is 0 Å². The lowest BCUT2D eigenvalue weighted by atomic mass is 9.98. The van der Waals surface area contributed by atoms with Gasteiger partial charge >= 0.3 is 0 Å². The minimum absolute atomic E-state index is 0.0857. The molecule has 138 valence electrons. The molecular formula is C25H16N2O2. The summed E-state index contributed by atoms with van der Waals surface area (Å²) in [5, 5.41) is 15.4. The third-order valence-electron chi connectivity index (χ3n) is 5.14. The monoisotopic (exact) mass is 376 g/mol. The van der Waals surface area contributed by atoms with E-state index in [0.717, 1.165) is 43.7 Å². The molecule has 0 aliphatic carbocycles. The van der Waals surface area contributed by atoms with Gasteiger partial charge in [0.2, 0.25) is 0 Å². The summed E-state index contributed by atoms with van der Waals surface area (Å²) < 4.78 is 0. The van der Waals surface area contributed by atoms with Gasteiger partial charge in [-0.3, -0.25) is 10.1 Å². The summed E-state index contributed by atoms with van der Waals surface area (Å²) in [4.78, 5) is 15.6. The zero-order valence-corrected chi connectivity index (χ0v) is 15.4. The van der Waals surface area contributed by atoms with Crippen LogP contribution in [0.1, 0.15) is 11.1 Å². The Bertz CT molecular complexity index is 1440. The lowest BCUT2D eigenvalue weighted by molar-refractivity contribution is -0.384. The zero-order valence-electron chi connectivity index (χ0n) is 15.4. The highest BCUT2D eigenvalue weighted by Crippen LogP contribution is 2.32. The second kappa shape index (κ2) is 6.84. The Morgan fingerprint density at radius 1 is 0.759 bits per heavy atom. The van der Waals surface area contributed by atoms with Gasteiger partial charge in [0.15, 0.2) is 0 Å². The van der Waals surface area contributed by atoms with E-state index in [1.54, 1.807) is 12.1 Å². The maximum atomic E-state index is 11.1. The summed E-state index contributed by atoms with van der Waals surface area (Å²) in [5.41, 5.74) is 3.81. The highest BCUT2D eigenvalue weighted by molar-refractivity contribution is 6.13. The molecule has 5 rings (SSSR count). The second-order valence-corrected chi connectivity index (χ2v) is 6.91. The average Bonchev–Trinajstić information content (AvgIpc) is 2.76. The largest absolute Gasteiger partial charge is 0.270 e. The Kier molecular flexibility index (Phi) is 4.03.